The summed E-state index contributed by atoms with van der Waals surface area (Å²) < 4.78 is 9.84. The van der Waals surface area contributed by atoms with Crippen LogP contribution in [0.4, 0.5) is 6.01 Å². The van der Waals surface area contributed by atoms with E-state index in [0.717, 1.165) is 11.3 Å². The molecule has 0 bridgehead atoms. The fraction of sp³-hybridized carbons (Fsp3) is 0.143. The summed E-state index contributed by atoms with van der Waals surface area (Å²) in [6.07, 6.45) is 1.57. The molecule has 2 heterocycles. The first-order valence-electron chi connectivity index (χ1n) is 3.66. The lowest BCUT2D eigenvalue weighted by Gasteiger charge is -1.87. The highest BCUT2D eigenvalue weighted by Crippen LogP contribution is 2.21. The number of rotatable bonds is 2. The van der Waals surface area contributed by atoms with E-state index in [2.05, 4.69) is 15.6 Å². The maximum absolute atomic E-state index is 5.09. The molecule has 0 amide bonds. The van der Waals surface area contributed by atoms with Crippen LogP contribution >= 0.6 is 0 Å². The van der Waals surface area contributed by atoms with Crippen LogP contribution in [0.1, 0.15) is 5.76 Å². The van der Waals surface area contributed by atoms with E-state index in [-0.39, 0.29) is 6.01 Å². The molecule has 6 nitrogen and oxygen atoms in total. The molecule has 3 N–H and O–H groups in total. The standard InChI is InChI=1S/C7H8N4O2/c1-4-5(2-3-12-4)6-9-7(10-8)13-11-6/h2-3H,8H2,1H3,(H,9,10,11). The first kappa shape index (κ1) is 7.81. The van der Waals surface area contributed by atoms with Crippen molar-refractivity contribution in [3.05, 3.63) is 18.1 Å². The summed E-state index contributed by atoms with van der Waals surface area (Å²) in [7, 11) is 0. The predicted octanol–water partition coefficient (Wildman–Crippen LogP) is 0.924. The highest BCUT2D eigenvalue weighted by molar-refractivity contribution is 5.57. The zero-order valence-corrected chi connectivity index (χ0v) is 6.94. The molecule has 13 heavy (non-hydrogen) atoms. The van der Waals surface area contributed by atoms with Gasteiger partial charge in [-0.2, -0.15) is 4.98 Å². The molecule has 68 valence electrons. The summed E-state index contributed by atoms with van der Waals surface area (Å²) in [5, 5.41) is 3.70. The van der Waals surface area contributed by atoms with E-state index in [9.17, 15) is 0 Å². The Morgan fingerprint density at radius 1 is 1.54 bits per heavy atom. The minimum atomic E-state index is 0.176. The van der Waals surface area contributed by atoms with Gasteiger partial charge in [0.15, 0.2) is 0 Å². The molecule has 0 atom stereocenters. The number of hydrogen-bond acceptors (Lipinski definition) is 6. The highest BCUT2D eigenvalue weighted by atomic mass is 16.5. The van der Waals surface area contributed by atoms with Gasteiger partial charge in [0.05, 0.1) is 11.8 Å². The Hall–Kier alpha value is -1.82. The third-order valence-electron chi connectivity index (χ3n) is 1.65. The number of nitrogens with two attached hydrogens (primary N) is 1. The molecule has 0 aliphatic heterocycles. The first-order chi connectivity index (χ1) is 6.31. The molecule has 0 saturated heterocycles. The number of aromatic nitrogens is 2. The van der Waals surface area contributed by atoms with Gasteiger partial charge in [-0.3, -0.25) is 5.43 Å². The van der Waals surface area contributed by atoms with E-state index in [0.29, 0.717) is 5.82 Å². The van der Waals surface area contributed by atoms with E-state index in [1.807, 2.05) is 6.92 Å². The number of nitrogens with one attached hydrogen (secondary N) is 1. The average molecular weight is 180 g/mol. The van der Waals surface area contributed by atoms with Gasteiger partial charge in [0.1, 0.15) is 5.76 Å². The van der Waals surface area contributed by atoms with Crippen LogP contribution in [-0.2, 0) is 0 Å². The van der Waals surface area contributed by atoms with Gasteiger partial charge >= 0.3 is 6.01 Å². The number of aryl methyl sites for hydroxylation is 1. The lowest BCUT2D eigenvalue weighted by Crippen LogP contribution is -2.06. The molecule has 0 saturated carbocycles. The highest BCUT2D eigenvalue weighted by Gasteiger charge is 2.11. The van der Waals surface area contributed by atoms with Crippen molar-refractivity contribution in [1.29, 1.82) is 0 Å². The number of nitrogen functional groups attached to an aromatic ring is 1. The van der Waals surface area contributed by atoms with Gasteiger partial charge in [-0.25, -0.2) is 5.84 Å². The zero-order valence-electron chi connectivity index (χ0n) is 6.94. The van der Waals surface area contributed by atoms with Crippen molar-refractivity contribution in [1.82, 2.24) is 10.1 Å². The molecule has 0 aliphatic carbocycles. The Kier molecular flexibility index (Phi) is 1.75. The van der Waals surface area contributed by atoms with Gasteiger partial charge in [-0.15, -0.1) is 0 Å². The van der Waals surface area contributed by atoms with Gasteiger partial charge in [0.25, 0.3) is 0 Å². The van der Waals surface area contributed by atoms with Crippen molar-refractivity contribution < 1.29 is 8.94 Å². The van der Waals surface area contributed by atoms with Crippen molar-refractivity contribution in [2.24, 2.45) is 5.84 Å². The van der Waals surface area contributed by atoms with Crippen LogP contribution in [0.2, 0.25) is 0 Å². The molecule has 0 radical (unpaired) electrons. The second kappa shape index (κ2) is 2.91. The molecular weight excluding hydrogens is 172 g/mol. The quantitative estimate of drug-likeness (QED) is 0.527. The van der Waals surface area contributed by atoms with Crippen molar-refractivity contribution in [2.75, 3.05) is 5.43 Å². The van der Waals surface area contributed by atoms with E-state index in [1.54, 1.807) is 12.3 Å². The van der Waals surface area contributed by atoms with Crippen molar-refractivity contribution >= 4 is 6.01 Å². The van der Waals surface area contributed by atoms with E-state index < -0.39 is 0 Å². The third kappa shape index (κ3) is 1.27. The molecule has 0 unspecified atom stereocenters. The Morgan fingerprint density at radius 3 is 2.92 bits per heavy atom. The van der Waals surface area contributed by atoms with Crippen molar-refractivity contribution in [3.8, 4) is 11.4 Å². The monoisotopic (exact) mass is 180 g/mol. The second-order valence-corrected chi connectivity index (χ2v) is 2.46. The molecule has 0 spiro atoms. The summed E-state index contributed by atoms with van der Waals surface area (Å²) in [6, 6.07) is 1.94. The Morgan fingerprint density at radius 2 is 2.38 bits per heavy atom. The van der Waals surface area contributed by atoms with Crippen LogP contribution in [0.5, 0.6) is 0 Å². The fourth-order valence-electron chi connectivity index (χ4n) is 1.01. The minimum absolute atomic E-state index is 0.176. The Labute approximate surface area is 73.7 Å². The van der Waals surface area contributed by atoms with Crippen LogP contribution in [0.15, 0.2) is 21.3 Å². The van der Waals surface area contributed by atoms with E-state index in [1.165, 1.54) is 0 Å². The van der Waals surface area contributed by atoms with E-state index >= 15 is 0 Å². The molecule has 6 heteroatoms. The molecular formula is C7H8N4O2. The topological polar surface area (TPSA) is 90.1 Å². The molecule has 0 aromatic carbocycles. The number of hydrazine groups is 1. The van der Waals surface area contributed by atoms with Crippen molar-refractivity contribution in [2.45, 2.75) is 6.92 Å². The Bertz CT molecular complexity index is 406. The maximum atomic E-state index is 5.09. The molecule has 0 fully saturated rings. The number of nitrogens with zero attached hydrogens (tertiary/aromatic N) is 2. The van der Waals surface area contributed by atoms with Gasteiger partial charge in [0.2, 0.25) is 5.82 Å². The van der Waals surface area contributed by atoms with Crippen LogP contribution in [0.3, 0.4) is 0 Å². The lowest BCUT2D eigenvalue weighted by molar-refractivity contribution is 0.432. The van der Waals surface area contributed by atoms with Gasteiger partial charge in [-0.1, -0.05) is 5.16 Å². The van der Waals surface area contributed by atoms with E-state index in [4.69, 9.17) is 14.8 Å². The second-order valence-electron chi connectivity index (χ2n) is 2.46. The summed E-state index contributed by atoms with van der Waals surface area (Å²) in [5.74, 6) is 6.28. The SMILES string of the molecule is Cc1occc1-c1noc(NN)n1. The van der Waals surface area contributed by atoms with Crippen LogP contribution in [0.25, 0.3) is 11.4 Å². The summed E-state index contributed by atoms with van der Waals surface area (Å²) in [6.45, 7) is 1.82. The largest absolute Gasteiger partial charge is 0.469 e. The predicted molar refractivity (Wildman–Crippen MR) is 44.5 cm³/mol. The lowest BCUT2D eigenvalue weighted by atomic mass is 10.2. The molecule has 2 rings (SSSR count). The van der Waals surface area contributed by atoms with Crippen molar-refractivity contribution in [3.63, 3.8) is 0 Å². The number of hydrogen-bond donors (Lipinski definition) is 2. The minimum Gasteiger partial charge on any atom is -0.469 e. The van der Waals surface area contributed by atoms with Crippen LogP contribution in [0, 0.1) is 6.92 Å². The number of anilines is 1. The first-order valence-corrected chi connectivity index (χ1v) is 3.66. The van der Waals surface area contributed by atoms with Gasteiger partial charge in [-0.05, 0) is 13.0 Å². The summed E-state index contributed by atoms with van der Waals surface area (Å²) in [4.78, 5) is 3.96. The number of furan rings is 1. The third-order valence-corrected chi connectivity index (χ3v) is 1.65. The Balaban J connectivity index is 2.41. The fourth-order valence-corrected chi connectivity index (χ4v) is 1.01. The average Bonchev–Trinajstić information content (AvgIpc) is 2.71. The zero-order chi connectivity index (χ0) is 9.26. The normalized spacial score (nSPS) is 10.3. The molecule has 2 aromatic heterocycles. The summed E-state index contributed by atoms with van der Waals surface area (Å²) >= 11 is 0. The maximum Gasteiger partial charge on any atom is 0.335 e. The molecule has 0 aliphatic rings. The summed E-state index contributed by atoms with van der Waals surface area (Å²) in [5.41, 5.74) is 3.05. The smallest absolute Gasteiger partial charge is 0.335 e. The molecule has 2 aromatic rings. The van der Waals surface area contributed by atoms with Crippen LogP contribution in [-0.4, -0.2) is 10.1 Å². The van der Waals surface area contributed by atoms with Crippen LogP contribution < -0.4 is 11.3 Å². The van der Waals surface area contributed by atoms with Gasteiger partial charge in [0, 0.05) is 0 Å². The van der Waals surface area contributed by atoms with Gasteiger partial charge < -0.3 is 8.94 Å².